The Balaban J connectivity index is 1.59. The van der Waals surface area contributed by atoms with Gasteiger partial charge in [-0.3, -0.25) is 9.78 Å². The van der Waals surface area contributed by atoms with E-state index in [1.807, 2.05) is 0 Å². The van der Waals surface area contributed by atoms with Crippen LogP contribution in [-0.2, 0) is 17.5 Å². The van der Waals surface area contributed by atoms with E-state index in [4.69, 9.17) is 0 Å². The number of halogens is 3. The molecule has 3 heterocycles. The zero-order chi connectivity index (χ0) is 19.7. The summed E-state index contributed by atoms with van der Waals surface area (Å²) in [4.78, 5) is 23.7. The molecule has 0 bridgehead atoms. The van der Waals surface area contributed by atoms with Gasteiger partial charge < -0.3 is 14.4 Å². The van der Waals surface area contributed by atoms with Gasteiger partial charge in [-0.15, -0.1) is 0 Å². The molecule has 0 saturated heterocycles. The number of benzene rings is 1. The smallest absolute Gasteiger partial charge is 0.329 e. The Labute approximate surface area is 155 Å². The van der Waals surface area contributed by atoms with Gasteiger partial charge in [0.25, 0.3) is 0 Å². The quantitative estimate of drug-likeness (QED) is 0.577. The van der Waals surface area contributed by atoms with Crippen molar-refractivity contribution in [2.24, 2.45) is 0 Å². The van der Waals surface area contributed by atoms with Gasteiger partial charge in [-0.2, -0.15) is 18.2 Å². The first-order chi connectivity index (χ1) is 13.4. The third-order valence-electron chi connectivity index (χ3n) is 3.81. The average molecular weight is 388 g/mol. The van der Waals surface area contributed by atoms with E-state index < -0.39 is 12.1 Å². The summed E-state index contributed by atoms with van der Waals surface area (Å²) in [7, 11) is 0. The van der Waals surface area contributed by atoms with Crippen molar-refractivity contribution in [3.05, 3.63) is 54.9 Å². The lowest BCUT2D eigenvalue weighted by atomic mass is 10.2. The second-order valence-corrected chi connectivity index (χ2v) is 5.79. The van der Waals surface area contributed by atoms with Crippen LogP contribution >= 0.6 is 0 Å². The number of fused-ring (bicyclic) bond motifs is 1. The summed E-state index contributed by atoms with van der Waals surface area (Å²) in [6, 6.07) is 8.06. The zero-order valence-corrected chi connectivity index (χ0v) is 14.0. The number of nitrogens with one attached hydrogen (secondary N) is 1. The number of nitrogens with zero attached hydrogens (tertiary/aromatic N) is 5. The van der Waals surface area contributed by atoms with E-state index in [9.17, 15) is 18.0 Å². The van der Waals surface area contributed by atoms with Gasteiger partial charge in [-0.25, -0.2) is 4.98 Å². The van der Waals surface area contributed by atoms with Crippen LogP contribution in [0.3, 0.4) is 0 Å². The molecule has 0 aliphatic rings. The highest BCUT2D eigenvalue weighted by atomic mass is 19.4. The van der Waals surface area contributed by atoms with Crippen molar-refractivity contribution in [3.63, 3.8) is 0 Å². The molecule has 0 atom stereocenters. The molecule has 4 aromatic rings. The van der Waals surface area contributed by atoms with Crippen LogP contribution in [-0.4, -0.2) is 30.6 Å². The molecule has 8 nitrogen and oxygen atoms in total. The molecule has 0 radical (unpaired) electrons. The van der Waals surface area contributed by atoms with E-state index in [0.29, 0.717) is 22.3 Å². The minimum atomic E-state index is -4.72. The summed E-state index contributed by atoms with van der Waals surface area (Å²) in [5, 5.41) is 6.06. The van der Waals surface area contributed by atoms with Gasteiger partial charge >= 0.3 is 12.1 Å². The van der Waals surface area contributed by atoms with Crippen molar-refractivity contribution in [2.45, 2.75) is 12.7 Å². The Morgan fingerprint density at radius 2 is 2.11 bits per heavy atom. The van der Waals surface area contributed by atoms with E-state index in [1.165, 1.54) is 18.6 Å². The van der Waals surface area contributed by atoms with E-state index in [-0.39, 0.29) is 18.3 Å². The molecule has 0 fully saturated rings. The van der Waals surface area contributed by atoms with Crippen LogP contribution in [0.2, 0.25) is 0 Å². The molecule has 1 aromatic carbocycles. The van der Waals surface area contributed by atoms with Crippen LogP contribution in [0.25, 0.3) is 22.4 Å². The third-order valence-corrected chi connectivity index (χ3v) is 3.81. The van der Waals surface area contributed by atoms with E-state index in [2.05, 4.69) is 29.9 Å². The van der Waals surface area contributed by atoms with Gasteiger partial charge in [0.15, 0.2) is 0 Å². The molecule has 4 rings (SSSR count). The van der Waals surface area contributed by atoms with Gasteiger partial charge in [-0.1, -0.05) is 5.16 Å². The molecule has 0 saturated carbocycles. The number of pyridine rings is 1. The molecule has 11 heteroatoms. The minimum absolute atomic E-state index is 0.0467. The molecule has 0 unspecified atom stereocenters. The van der Waals surface area contributed by atoms with Crippen LogP contribution in [0.5, 0.6) is 0 Å². The number of carbonyl (C=O) groups excluding carboxylic acids is 1. The van der Waals surface area contributed by atoms with Crippen molar-refractivity contribution < 1.29 is 22.5 Å². The lowest BCUT2D eigenvalue weighted by Gasteiger charge is -2.06. The van der Waals surface area contributed by atoms with E-state index >= 15 is 0 Å². The predicted molar refractivity (Wildman–Crippen MR) is 90.9 cm³/mol. The predicted octanol–water partition coefficient (Wildman–Crippen LogP) is 3.14. The lowest BCUT2D eigenvalue weighted by molar-refractivity contribution is -0.159. The molecule has 3 aromatic heterocycles. The molecular weight excluding hydrogens is 377 g/mol. The maximum Gasteiger partial charge on any atom is 0.471 e. The van der Waals surface area contributed by atoms with Gasteiger partial charge in [0.2, 0.25) is 11.7 Å². The van der Waals surface area contributed by atoms with E-state index in [1.54, 1.807) is 35.0 Å². The summed E-state index contributed by atoms with van der Waals surface area (Å²) in [5.41, 5.74) is 1.96. The van der Waals surface area contributed by atoms with Gasteiger partial charge in [0.1, 0.15) is 6.54 Å². The first-order valence-electron chi connectivity index (χ1n) is 7.96. The van der Waals surface area contributed by atoms with Crippen LogP contribution in [0, 0.1) is 0 Å². The number of rotatable bonds is 4. The van der Waals surface area contributed by atoms with E-state index in [0.717, 1.165) is 0 Å². The highest BCUT2D eigenvalue weighted by Gasteiger charge is 2.38. The lowest BCUT2D eigenvalue weighted by Crippen LogP contribution is -2.18. The first-order valence-corrected chi connectivity index (χ1v) is 7.96. The zero-order valence-electron chi connectivity index (χ0n) is 14.0. The molecule has 1 amide bonds. The fourth-order valence-corrected chi connectivity index (χ4v) is 2.57. The molecular formula is C17H11F3N6O2. The van der Waals surface area contributed by atoms with Crippen molar-refractivity contribution in [3.8, 4) is 11.4 Å². The van der Waals surface area contributed by atoms with Gasteiger partial charge in [0, 0.05) is 11.8 Å². The number of carbonyl (C=O) groups is 1. The topological polar surface area (TPSA) is 98.7 Å². The number of hydrogen-bond donors (Lipinski definition) is 1. The number of alkyl halides is 3. The number of imidazole rings is 1. The van der Waals surface area contributed by atoms with Crippen molar-refractivity contribution in [1.29, 1.82) is 0 Å². The molecule has 0 aliphatic carbocycles. The van der Waals surface area contributed by atoms with Crippen LogP contribution in [0.1, 0.15) is 5.89 Å². The van der Waals surface area contributed by atoms with Crippen LogP contribution in [0.15, 0.2) is 53.6 Å². The first kappa shape index (κ1) is 17.6. The van der Waals surface area contributed by atoms with Gasteiger partial charge in [0.05, 0.1) is 29.2 Å². The van der Waals surface area contributed by atoms with Gasteiger partial charge in [-0.05, 0) is 30.3 Å². The maximum atomic E-state index is 12.6. The summed E-state index contributed by atoms with van der Waals surface area (Å²) < 4.78 is 43.8. The molecule has 28 heavy (non-hydrogen) atoms. The average Bonchev–Trinajstić information content (AvgIpc) is 3.30. The van der Waals surface area contributed by atoms with Crippen molar-refractivity contribution >= 4 is 22.6 Å². The Morgan fingerprint density at radius 3 is 2.82 bits per heavy atom. The SMILES string of the molecule is O=C(Cn1cnc2ccc(-c3noc(C(F)(F)F)n3)cc21)Nc1cccnc1. The maximum absolute atomic E-state index is 12.6. The number of anilines is 1. The summed E-state index contributed by atoms with van der Waals surface area (Å²) in [6.07, 6.45) is -0.157. The fourth-order valence-electron chi connectivity index (χ4n) is 2.57. The molecule has 0 aliphatic heterocycles. The van der Waals surface area contributed by atoms with Crippen LogP contribution < -0.4 is 5.32 Å². The Bertz CT molecular complexity index is 1140. The Morgan fingerprint density at radius 1 is 1.25 bits per heavy atom. The highest BCUT2D eigenvalue weighted by molar-refractivity contribution is 5.91. The van der Waals surface area contributed by atoms with Crippen molar-refractivity contribution in [1.82, 2.24) is 24.7 Å². The highest BCUT2D eigenvalue weighted by Crippen LogP contribution is 2.30. The summed E-state index contributed by atoms with van der Waals surface area (Å²) in [5.74, 6) is -1.94. The Hall–Kier alpha value is -3.76. The second-order valence-electron chi connectivity index (χ2n) is 5.79. The molecule has 142 valence electrons. The van der Waals surface area contributed by atoms with Crippen molar-refractivity contribution in [2.75, 3.05) is 5.32 Å². The third kappa shape index (κ3) is 3.54. The molecule has 0 spiro atoms. The normalized spacial score (nSPS) is 11.7. The Kier molecular flexibility index (Phi) is 4.26. The number of hydrogen-bond acceptors (Lipinski definition) is 6. The summed E-state index contributed by atoms with van der Waals surface area (Å²) in [6.45, 7) is -0.0467. The monoisotopic (exact) mass is 388 g/mol. The molecule has 1 N–H and O–H groups in total. The standard InChI is InChI=1S/C17H11F3N6O2/c18-17(19,20)16-24-15(25-28-16)10-3-4-12-13(6-10)26(9-22-12)8-14(27)23-11-2-1-5-21-7-11/h1-7,9H,8H2,(H,23,27). The fraction of sp³-hybridized carbons (Fsp3) is 0.118. The summed E-state index contributed by atoms with van der Waals surface area (Å²) >= 11 is 0. The largest absolute Gasteiger partial charge is 0.471 e. The number of aromatic nitrogens is 5. The second kappa shape index (κ2) is 6.76. The number of amides is 1. The minimum Gasteiger partial charge on any atom is -0.329 e. The van der Waals surface area contributed by atoms with Crippen LogP contribution in [0.4, 0.5) is 18.9 Å².